The Balaban J connectivity index is 0.00000243. The number of carbonyl (C=O) groups is 1. The molecule has 2 aliphatic rings. The summed E-state index contributed by atoms with van der Waals surface area (Å²) in [5, 5.41) is 9.88. The summed E-state index contributed by atoms with van der Waals surface area (Å²) in [5.41, 5.74) is 1.17. The van der Waals surface area contributed by atoms with E-state index in [1.165, 1.54) is 24.8 Å². The maximum Gasteiger partial charge on any atom is 0.257 e. The van der Waals surface area contributed by atoms with Crippen LogP contribution in [-0.4, -0.2) is 51.4 Å². The number of halogens is 1. The zero-order valence-electron chi connectivity index (χ0n) is 15.3. The maximum atomic E-state index is 11.3. The summed E-state index contributed by atoms with van der Waals surface area (Å²) < 4.78 is 11.2. The van der Waals surface area contributed by atoms with E-state index in [1.807, 2.05) is 18.2 Å². The summed E-state index contributed by atoms with van der Waals surface area (Å²) in [7, 11) is 1.61. The van der Waals surface area contributed by atoms with Crippen LogP contribution in [0.25, 0.3) is 0 Å². The fraction of sp³-hybridized carbons (Fsp3) is 0.632. The lowest BCUT2D eigenvalue weighted by molar-refractivity contribution is -0.122. The lowest BCUT2D eigenvalue weighted by atomic mass is 9.94. The van der Waals surface area contributed by atoms with Crippen LogP contribution in [0.3, 0.4) is 0 Å². The van der Waals surface area contributed by atoms with E-state index in [-0.39, 0.29) is 24.9 Å². The van der Waals surface area contributed by atoms with E-state index in [1.54, 1.807) is 7.05 Å². The molecule has 1 aliphatic heterocycles. The second-order valence-corrected chi connectivity index (χ2v) is 6.83. The molecule has 0 spiro atoms. The van der Waals surface area contributed by atoms with Gasteiger partial charge in [-0.25, -0.2) is 0 Å². The number of morpholine rings is 1. The van der Waals surface area contributed by atoms with Gasteiger partial charge in [0, 0.05) is 32.2 Å². The molecular formula is C19H30ClN3O3. The standard InChI is InChI=1S/C19H29N3O3.ClH/c1-20-19(23)13-25-15-5-2-4-14(10-15)11-22-17-7-3-6-16(17)18-12-24-9-8-21-18;/h2,4-5,10,16-18,21-22H,3,6-9,11-13H2,1H3,(H,20,23);1H. The van der Waals surface area contributed by atoms with Crippen molar-refractivity contribution < 1.29 is 14.3 Å². The van der Waals surface area contributed by atoms with Gasteiger partial charge in [0.1, 0.15) is 5.75 Å². The molecule has 0 bridgehead atoms. The van der Waals surface area contributed by atoms with Crippen LogP contribution in [0.1, 0.15) is 24.8 Å². The Bertz CT molecular complexity index is 567. The minimum atomic E-state index is -0.125. The average Bonchev–Trinajstić information content (AvgIpc) is 3.14. The third kappa shape index (κ3) is 5.84. The molecule has 1 aromatic carbocycles. The van der Waals surface area contributed by atoms with Crippen LogP contribution < -0.4 is 20.7 Å². The van der Waals surface area contributed by atoms with Crippen molar-refractivity contribution in [3.05, 3.63) is 29.8 Å². The fourth-order valence-corrected chi connectivity index (χ4v) is 3.80. The molecule has 3 rings (SSSR count). The Morgan fingerprint density at radius 1 is 1.38 bits per heavy atom. The molecule has 1 aromatic rings. The number of benzene rings is 1. The van der Waals surface area contributed by atoms with Crippen LogP contribution in [0.15, 0.2) is 24.3 Å². The third-order valence-corrected chi connectivity index (χ3v) is 5.15. The van der Waals surface area contributed by atoms with E-state index in [2.05, 4.69) is 22.0 Å². The Hall–Kier alpha value is -1.34. The molecule has 3 atom stereocenters. The first kappa shape index (κ1) is 21.0. The molecule has 146 valence electrons. The molecule has 6 nitrogen and oxygen atoms in total. The van der Waals surface area contributed by atoms with Crippen molar-refractivity contribution in [1.29, 1.82) is 0 Å². The summed E-state index contributed by atoms with van der Waals surface area (Å²) in [4.78, 5) is 11.3. The van der Waals surface area contributed by atoms with Crippen molar-refractivity contribution in [2.75, 3.05) is 33.4 Å². The van der Waals surface area contributed by atoms with Gasteiger partial charge < -0.3 is 25.4 Å². The highest BCUT2D eigenvalue weighted by Crippen LogP contribution is 2.29. The molecule has 1 saturated heterocycles. The van der Waals surface area contributed by atoms with Crippen LogP contribution >= 0.6 is 12.4 Å². The number of hydrogen-bond acceptors (Lipinski definition) is 5. The van der Waals surface area contributed by atoms with Gasteiger partial charge >= 0.3 is 0 Å². The normalized spacial score (nSPS) is 25.3. The average molecular weight is 384 g/mol. The molecule has 7 heteroatoms. The predicted octanol–water partition coefficient (Wildman–Crippen LogP) is 1.48. The molecule has 3 unspecified atom stereocenters. The fourth-order valence-electron chi connectivity index (χ4n) is 3.80. The third-order valence-electron chi connectivity index (χ3n) is 5.15. The van der Waals surface area contributed by atoms with Crippen molar-refractivity contribution in [2.24, 2.45) is 5.92 Å². The van der Waals surface area contributed by atoms with E-state index >= 15 is 0 Å². The Labute approximate surface area is 161 Å². The zero-order chi connectivity index (χ0) is 17.5. The summed E-state index contributed by atoms with van der Waals surface area (Å²) in [6.07, 6.45) is 3.75. The minimum Gasteiger partial charge on any atom is -0.484 e. The topological polar surface area (TPSA) is 71.6 Å². The van der Waals surface area contributed by atoms with E-state index < -0.39 is 0 Å². The van der Waals surface area contributed by atoms with Crippen molar-refractivity contribution in [1.82, 2.24) is 16.0 Å². The van der Waals surface area contributed by atoms with Crippen molar-refractivity contribution in [2.45, 2.75) is 37.9 Å². The van der Waals surface area contributed by atoms with Gasteiger partial charge in [-0.2, -0.15) is 0 Å². The van der Waals surface area contributed by atoms with Gasteiger partial charge in [-0.05, 0) is 36.5 Å². The zero-order valence-corrected chi connectivity index (χ0v) is 16.1. The molecule has 1 saturated carbocycles. The van der Waals surface area contributed by atoms with Crippen LogP contribution in [-0.2, 0) is 16.1 Å². The SMILES string of the molecule is CNC(=O)COc1cccc(CNC2CCCC2C2COCCN2)c1.Cl. The second kappa shape index (κ2) is 10.7. The van der Waals surface area contributed by atoms with Gasteiger partial charge in [0.25, 0.3) is 5.91 Å². The van der Waals surface area contributed by atoms with Crippen LogP contribution in [0.2, 0.25) is 0 Å². The van der Waals surface area contributed by atoms with Gasteiger partial charge in [0.2, 0.25) is 0 Å². The van der Waals surface area contributed by atoms with Crippen LogP contribution in [0.5, 0.6) is 5.75 Å². The van der Waals surface area contributed by atoms with Gasteiger partial charge in [0.05, 0.1) is 13.2 Å². The van der Waals surface area contributed by atoms with Gasteiger partial charge in [-0.3, -0.25) is 4.79 Å². The number of carbonyl (C=O) groups excluding carboxylic acids is 1. The molecule has 3 N–H and O–H groups in total. The summed E-state index contributed by atoms with van der Waals surface area (Å²) in [6, 6.07) is 8.94. The number of ether oxygens (including phenoxy) is 2. The molecule has 26 heavy (non-hydrogen) atoms. The largest absolute Gasteiger partial charge is 0.484 e. The molecule has 1 aliphatic carbocycles. The van der Waals surface area contributed by atoms with Crippen molar-refractivity contribution in [3.63, 3.8) is 0 Å². The lowest BCUT2D eigenvalue weighted by Crippen LogP contribution is -2.50. The highest BCUT2D eigenvalue weighted by atomic mass is 35.5. The molecule has 1 amide bonds. The molecule has 1 heterocycles. The van der Waals surface area contributed by atoms with Crippen LogP contribution in [0.4, 0.5) is 0 Å². The monoisotopic (exact) mass is 383 g/mol. The van der Waals surface area contributed by atoms with E-state index in [4.69, 9.17) is 9.47 Å². The summed E-state index contributed by atoms with van der Waals surface area (Å²) in [5.74, 6) is 1.24. The quantitative estimate of drug-likeness (QED) is 0.665. The van der Waals surface area contributed by atoms with Crippen molar-refractivity contribution >= 4 is 18.3 Å². The van der Waals surface area contributed by atoms with Gasteiger partial charge in [-0.15, -0.1) is 12.4 Å². The van der Waals surface area contributed by atoms with E-state index in [0.717, 1.165) is 32.1 Å². The Kier molecular flexibility index (Phi) is 8.65. The van der Waals surface area contributed by atoms with Crippen molar-refractivity contribution in [3.8, 4) is 5.75 Å². The number of hydrogen-bond donors (Lipinski definition) is 3. The minimum absolute atomic E-state index is 0. The van der Waals surface area contributed by atoms with Gasteiger partial charge in [0.15, 0.2) is 6.61 Å². The summed E-state index contributed by atoms with van der Waals surface area (Å²) >= 11 is 0. The number of rotatable bonds is 7. The number of likely N-dealkylation sites (N-methyl/N-ethyl adjacent to an activating group) is 1. The molecular weight excluding hydrogens is 354 g/mol. The van der Waals surface area contributed by atoms with Crippen LogP contribution in [0, 0.1) is 5.92 Å². The van der Waals surface area contributed by atoms with E-state index in [0.29, 0.717) is 18.0 Å². The molecule has 0 aromatic heterocycles. The first-order chi connectivity index (χ1) is 12.3. The lowest BCUT2D eigenvalue weighted by Gasteiger charge is -2.33. The first-order valence-electron chi connectivity index (χ1n) is 9.23. The van der Waals surface area contributed by atoms with Gasteiger partial charge in [-0.1, -0.05) is 18.6 Å². The maximum absolute atomic E-state index is 11.3. The predicted molar refractivity (Wildman–Crippen MR) is 104 cm³/mol. The molecule has 2 fully saturated rings. The Morgan fingerprint density at radius 3 is 3.04 bits per heavy atom. The summed E-state index contributed by atoms with van der Waals surface area (Å²) in [6.45, 7) is 3.46. The first-order valence-corrected chi connectivity index (χ1v) is 9.23. The smallest absolute Gasteiger partial charge is 0.257 e. The highest BCUT2D eigenvalue weighted by molar-refractivity contribution is 5.85. The highest BCUT2D eigenvalue weighted by Gasteiger charge is 2.34. The van der Waals surface area contributed by atoms with E-state index in [9.17, 15) is 4.79 Å². The number of amides is 1. The Morgan fingerprint density at radius 2 is 2.27 bits per heavy atom. The number of nitrogens with one attached hydrogen (secondary N) is 3. The molecule has 0 radical (unpaired) electrons. The second-order valence-electron chi connectivity index (χ2n) is 6.83.